The van der Waals surface area contributed by atoms with Crippen molar-refractivity contribution in [2.45, 2.75) is 6.92 Å². The highest BCUT2D eigenvalue weighted by atomic mass is 16.5. The van der Waals surface area contributed by atoms with Gasteiger partial charge in [-0.3, -0.25) is 0 Å². The van der Waals surface area contributed by atoms with Gasteiger partial charge in [0, 0.05) is 6.07 Å². The van der Waals surface area contributed by atoms with E-state index < -0.39 is 5.97 Å². The first-order valence-electron chi connectivity index (χ1n) is 5.37. The smallest absolute Gasteiger partial charge is 0.360 e. The first-order valence-corrected chi connectivity index (χ1v) is 5.37. The molecule has 0 saturated carbocycles. The summed E-state index contributed by atoms with van der Waals surface area (Å²) < 4.78 is 6.63. The highest BCUT2D eigenvalue weighted by molar-refractivity contribution is 5.88. The van der Waals surface area contributed by atoms with Gasteiger partial charge in [-0.05, 0) is 19.1 Å². The Bertz CT molecular complexity index is 577. The van der Waals surface area contributed by atoms with Gasteiger partial charge in [-0.25, -0.2) is 9.48 Å². The van der Waals surface area contributed by atoms with Crippen molar-refractivity contribution >= 4 is 5.97 Å². The molecule has 0 radical (unpaired) electrons. The summed E-state index contributed by atoms with van der Waals surface area (Å²) in [7, 11) is 0. The van der Waals surface area contributed by atoms with Crippen LogP contribution in [0.5, 0.6) is 11.5 Å². The van der Waals surface area contributed by atoms with Crippen molar-refractivity contribution in [2.75, 3.05) is 6.61 Å². The van der Waals surface area contributed by atoms with E-state index in [2.05, 4.69) is 5.10 Å². The number of aromatic nitrogens is 2. The molecular formula is C12H12N2O4. The maximum atomic E-state index is 10.8. The highest BCUT2D eigenvalue weighted by Crippen LogP contribution is 2.21. The van der Waals surface area contributed by atoms with Crippen LogP contribution in [0, 0.1) is 0 Å². The third kappa shape index (κ3) is 2.27. The minimum absolute atomic E-state index is 0.371. The molecule has 0 fully saturated rings. The average Bonchev–Trinajstić information content (AvgIpc) is 2.72. The van der Waals surface area contributed by atoms with Crippen molar-refractivity contribution in [1.29, 1.82) is 0 Å². The second-order valence-electron chi connectivity index (χ2n) is 3.54. The van der Waals surface area contributed by atoms with Gasteiger partial charge in [-0.1, -0.05) is 6.07 Å². The van der Waals surface area contributed by atoms with Gasteiger partial charge in [0.05, 0.1) is 18.5 Å². The molecule has 1 aromatic carbocycles. The van der Waals surface area contributed by atoms with Gasteiger partial charge < -0.3 is 14.9 Å². The summed E-state index contributed by atoms with van der Waals surface area (Å²) in [6, 6.07) is 7.00. The molecule has 0 aliphatic heterocycles. The second kappa shape index (κ2) is 4.79. The fourth-order valence-electron chi connectivity index (χ4n) is 1.53. The van der Waals surface area contributed by atoms with Crippen LogP contribution in [-0.2, 0) is 0 Å². The predicted molar refractivity (Wildman–Crippen MR) is 63.4 cm³/mol. The van der Waals surface area contributed by atoms with Gasteiger partial charge in [0.2, 0.25) is 5.69 Å². The van der Waals surface area contributed by atoms with Gasteiger partial charge in [-0.2, -0.15) is 5.10 Å². The standard InChI is InChI=1S/C12H12N2O4/c1-2-18-9-5-3-4-8(6-9)14-7-10(15)11(13-14)12(16)17/h3-7,15H,2H2,1H3,(H,16,17). The zero-order chi connectivity index (χ0) is 13.1. The Morgan fingerprint density at radius 2 is 2.28 bits per heavy atom. The van der Waals surface area contributed by atoms with E-state index in [9.17, 15) is 9.90 Å². The number of carboxylic acid groups (broad SMARTS) is 1. The summed E-state index contributed by atoms with van der Waals surface area (Å²) >= 11 is 0. The zero-order valence-corrected chi connectivity index (χ0v) is 9.70. The number of hydrogen-bond acceptors (Lipinski definition) is 4. The lowest BCUT2D eigenvalue weighted by atomic mass is 10.3. The van der Waals surface area contributed by atoms with Crippen LogP contribution in [0.4, 0.5) is 0 Å². The maximum Gasteiger partial charge on any atom is 0.360 e. The zero-order valence-electron chi connectivity index (χ0n) is 9.70. The number of rotatable bonds is 4. The Morgan fingerprint density at radius 3 is 2.89 bits per heavy atom. The largest absolute Gasteiger partial charge is 0.504 e. The topological polar surface area (TPSA) is 84.6 Å². The van der Waals surface area contributed by atoms with Gasteiger partial charge in [0.1, 0.15) is 5.75 Å². The van der Waals surface area contributed by atoms with E-state index in [4.69, 9.17) is 9.84 Å². The summed E-state index contributed by atoms with van der Waals surface area (Å²) in [6.45, 7) is 2.41. The first-order chi connectivity index (χ1) is 8.61. The summed E-state index contributed by atoms with van der Waals surface area (Å²) in [6.07, 6.45) is 1.24. The van der Waals surface area contributed by atoms with Gasteiger partial charge in [0.25, 0.3) is 0 Å². The monoisotopic (exact) mass is 248 g/mol. The van der Waals surface area contributed by atoms with Crippen molar-refractivity contribution in [3.63, 3.8) is 0 Å². The fraction of sp³-hybridized carbons (Fsp3) is 0.167. The quantitative estimate of drug-likeness (QED) is 0.859. The van der Waals surface area contributed by atoms with Crippen molar-refractivity contribution in [1.82, 2.24) is 9.78 Å². The number of carbonyl (C=O) groups is 1. The van der Waals surface area contributed by atoms with E-state index in [-0.39, 0.29) is 11.4 Å². The minimum atomic E-state index is -1.27. The van der Waals surface area contributed by atoms with Crippen LogP contribution in [0.3, 0.4) is 0 Å². The summed E-state index contributed by atoms with van der Waals surface area (Å²) in [5.41, 5.74) is 0.237. The molecule has 0 aliphatic carbocycles. The van der Waals surface area contributed by atoms with Crippen LogP contribution < -0.4 is 4.74 Å². The normalized spacial score (nSPS) is 10.3. The number of ether oxygens (including phenoxy) is 1. The van der Waals surface area contributed by atoms with Crippen LogP contribution in [-0.4, -0.2) is 32.6 Å². The molecule has 0 amide bonds. The summed E-state index contributed by atoms with van der Waals surface area (Å²) in [5.74, 6) is -0.988. The van der Waals surface area contributed by atoms with Crippen LogP contribution >= 0.6 is 0 Å². The average molecular weight is 248 g/mol. The van der Waals surface area contributed by atoms with Crippen molar-refractivity contribution in [2.24, 2.45) is 0 Å². The lowest BCUT2D eigenvalue weighted by Crippen LogP contribution is -2.01. The minimum Gasteiger partial charge on any atom is -0.504 e. The molecule has 6 nitrogen and oxygen atoms in total. The third-order valence-electron chi connectivity index (χ3n) is 2.29. The van der Waals surface area contributed by atoms with E-state index in [0.29, 0.717) is 18.0 Å². The number of aromatic hydroxyl groups is 1. The molecule has 2 N–H and O–H groups in total. The summed E-state index contributed by atoms with van der Waals surface area (Å²) in [4.78, 5) is 10.8. The third-order valence-corrected chi connectivity index (χ3v) is 2.29. The number of aromatic carboxylic acids is 1. The Kier molecular flexibility index (Phi) is 3.18. The molecule has 0 atom stereocenters. The highest BCUT2D eigenvalue weighted by Gasteiger charge is 2.15. The molecular weight excluding hydrogens is 236 g/mol. The van der Waals surface area contributed by atoms with Crippen molar-refractivity contribution in [3.05, 3.63) is 36.2 Å². The molecule has 1 heterocycles. The molecule has 0 spiro atoms. The van der Waals surface area contributed by atoms with Crippen molar-refractivity contribution < 1.29 is 19.7 Å². The Morgan fingerprint density at radius 1 is 1.50 bits per heavy atom. The molecule has 0 bridgehead atoms. The molecule has 2 rings (SSSR count). The molecule has 1 aromatic heterocycles. The fourth-order valence-corrected chi connectivity index (χ4v) is 1.53. The molecule has 0 aliphatic rings. The summed E-state index contributed by atoms with van der Waals surface area (Å²) in [5, 5.41) is 22.0. The molecule has 6 heteroatoms. The van der Waals surface area contributed by atoms with Crippen LogP contribution in [0.1, 0.15) is 17.4 Å². The molecule has 2 aromatic rings. The molecule has 94 valence electrons. The van der Waals surface area contributed by atoms with Gasteiger partial charge in [-0.15, -0.1) is 0 Å². The lowest BCUT2D eigenvalue weighted by molar-refractivity contribution is 0.0687. The molecule has 18 heavy (non-hydrogen) atoms. The number of hydrogen-bond donors (Lipinski definition) is 2. The molecule has 0 saturated heterocycles. The number of nitrogens with zero attached hydrogens (tertiary/aromatic N) is 2. The van der Waals surface area contributed by atoms with E-state index in [0.717, 1.165) is 0 Å². The van der Waals surface area contributed by atoms with Crippen LogP contribution in [0.25, 0.3) is 5.69 Å². The Hall–Kier alpha value is -2.50. The first kappa shape index (κ1) is 12.0. The van der Waals surface area contributed by atoms with Crippen molar-refractivity contribution in [3.8, 4) is 17.2 Å². The van der Waals surface area contributed by atoms with E-state index >= 15 is 0 Å². The van der Waals surface area contributed by atoms with E-state index in [1.54, 1.807) is 24.3 Å². The SMILES string of the molecule is CCOc1cccc(-n2cc(O)c(C(=O)O)n2)c1. The van der Waals surface area contributed by atoms with Gasteiger partial charge in [0.15, 0.2) is 5.75 Å². The van der Waals surface area contributed by atoms with Crippen LogP contribution in [0.15, 0.2) is 30.5 Å². The van der Waals surface area contributed by atoms with E-state index in [1.807, 2.05) is 6.92 Å². The second-order valence-corrected chi connectivity index (χ2v) is 3.54. The molecule has 0 unspecified atom stereocenters. The maximum absolute atomic E-state index is 10.8. The number of benzene rings is 1. The Labute approximate surface area is 103 Å². The van der Waals surface area contributed by atoms with E-state index in [1.165, 1.54) is 10.9 Å². The Balaban J connectivity index is 2.39. The predicted octanol–water partition coefficient (Wildman–Crippen LogP) is 1.67. The van der Waals surface area contributed by atoms with Gasteiger partial charge >= 0.3 is 5.97 Å². The number of carboxylic acids is 1. The van der Waals surface area contributed by atoms with Crippen LogP contribution in [0.2, 0.25) is 0 Å². The lowest BCUT2D eigenvalue weighted by Gasteiger charge is -2.05.